The van der Waals surface area contributed by atoms with E-state index in [1.807, 2.05) is 0 Å². The Bertz CT molecular complexity index is 955. The third-order valence-electron chi connectivity index (χ3n) is 3.16. The zero-order valence-corrected chi connectivity index (χ0v) is 13.8. The van der Waals surface area contributed by atoms with Gasteiger partial charge in [-0.3, -0.25) is 0 Å². The standard InChI is InChI=1S/C16H9ClF3NO3S/c17-8-4-12-11(7-13(21-12)15(22)23)14(5-8)25-10-3-1-2-9(6-10)24-16(18,19)20/h1-7,21H,(H,22,23). The average molecular weight is 388 g/mol. The van der Waals surface area contributed by atoms with Crippen LogP contribution in [0.2, 0.25) is 5.02 Å². The lowest BCUT2D eigenvalue weighted by atomic mass is 10.2. The number of aromatic nitrogens is 1. The molecule has 130 valence electrons. The summed E-state index contributed by atoms with van der Waals surface area (Å²) in [6.07, 6.45) is -4.77. The van der Waals surface area contributed by atoms with Crippen molar-refractivity contribution in [3.05, 3.63) is 53.2 Å². The third kappa shape index (κ3) is 4.21. The molecule has 0 unspecified atom stereocenters. The molecule has 0 aliphatic heterocycles. The summed E-state index contributed by atoms with van der Waals surface area (Å²) < 4.78 is 40.9. The molecule has 0 bridgehead atoms. The molecule has 0 saturated carbocycles. The minimum absolute atomic E-state index is 0.00623. The van der Waals surface area contributed by atoms with E-state index in [9.17, 15) is 18.0 Å². The number of carbonyl (C=O) groups is 1. The summed E-state index contributed by atoms with van der Waals surface area (Å²) in [4.78, 5) is 14.9. The van der Waals surface area contributed by atoms with E-state index in [-0.39, 0.29) is 11.4 Å². The van der Waals surface area contributed by atoms with Crippen LogP contribution in [0.1, 0.15) is 10.5 Å². The van der Waals surface area contributed by atoms with E-state index in [4.69, 9.17) is 16.7 Å². The number of H-pyrrole nitrogens is 1. The molecule has 2 aromatic carbocycles. The number of carboxylic acids is 1. The van der Waals surface area contributed by atoms with Crippen molar-refractivity contribution in [2.75, 3.05) is 0 Å². The zero-order valence-electron chi connectivity index (χ0n) is 12.2. The van der Waals surface area contributed by atoms with E-state index in [0.717, 1.165) is 11.8 Å². The number of aromatic carboxylic acids is 1. The highest BCUT2D eigenvalue weighted by molar-refractivity contribution is 7.99. The number of ether oxygens (including phenoxy) is 1. The highest BCUT2D eigenvalue weighted by Crippen LogP contribution is 2.38. The van der Waals surface area contributed by atoms with Crippen LogP contribution in [0.5, 0.6) is 5.75 Å². The van der Waals surface area contributed by atoms with Gasteiger partial charge in [-0.2, -0.15) is 0 Å². The number of hydrogen-bond acceptors (Lipinski definition) is 3. The van der Waals surface area contributed by atoms with Crippen molar-refractivity contribution in [1.82, 2.24) is 4.98 Å². The number of halogens is 4. The topological polar surface area (TPSA) is 62.3 Å². The maximum Gasteiger partial charge on any atom is 0.573 e. The number of alkyl halides is 3. The second-order valence-electron chi connectivity index (χ2n) is 4.98. The molecule has 0 atom stereocenters. The van der Waals surface area contributed by atoms with Crippen molar-refractivity contribution in [1.29, 1.82) is 0 Å². The molecule has 25 heavy (non-hydrogen) atoms. The first kappa shape index (κ1) is 17.5. The van der Waals surface area contributed by atoms with Gasteiger partial charge in [0.1, 0.15) is 11.4 Å². The molecule has 0 fully saturated rings. The van der Waals surface area contributed by atoms with Gasteiger partial charge in [-0.15, -0.1) is 13.2 Å². The number of nitrogens with one attached hydrogen (secondary N) is 1. The minimum atomic E-state index is -4.77. The zero-order chi connectivity index (χ0) is 18.2. The van der Waals surface area contributed by atoms with E-state index >= 15 is 0 Å². The summed E-state index contributed by atoms with van der Waals surface area (Å²) in [6, 6.07) is 10.1. The fraction of sp³-hybridized carbons (Fsp3) is 0.0625. The quantitative estimate of drug-likeness (QED) is 0.614. The van der Waals surface area contributed by atoms with E-state index in [0.29, 0.717) is 25.7 Å². The summed E-state index contributed by atoms with van der Waals surface area (Å²) in [5, 5.41) is 10.1. The van der Waals surface area contributed by atoms with E-state index < -0.39 is 12.3 Å². The van der Waals surface area contributed by atoms with Crippen LogP contribution >= 0.6 is 23.4 Å². The molecule has 1 heterocycles. The van der Waals surface area contributed by atoms with E-state index in [2.05, 4.69) is 9.72 Å². The van der Waals surface area contributed by atoms with Crippen LogP contribution in [0, 0.1) is 0 Å². The SMILES string of the molecule is O=C(O)c1cc2c(Sc3cccc(OC(F)(F)F)c3)cc(Cl)cc2[nH]1. The van der Waals surface area contributed by atoms with E-state index in [1.54, 1.807) is 18.2 Å². The first-order valence-corrected chi connectivity index (χ1v) is 8.00. The van der Waals surface area contributed by atoms with Crippen LogP contribution in [-0.2, 0) is 0 Å². The summed E-state index contributed by atoms with van der Waals surface area (Å²) in [5.74, 6) is -1.46. The third-order valence-corrected chi connectivity index (χ3v) is 4.43. The van der Waals surface area contributed by atoms with Gasteiger partial charge in [0.05, 0.1) is 0 Å². The van der Waals surface area contributed by atoms with Gasteiger partial charge in [-0.1, -0.05) is 29.4 Å². The van der Waals surface area contributed by atoms with Crippen LogP contribution in [0.3, 0.4) is 0 Å². The summed E-state index contributed by atoms with van der Waals surface area (Å²) in [5.41, 5.74) is 0.517. The number of rotatable bonds is 4. The van der Waals surface area contributed by atoms with Crippen molar-refractivity contribution in [2.24, 2.45) is 0 Å². The second-order valence-corrected chi connectivity index (χ2v) is 6.53. The molecule has 3 rings (SSSR count). The molecule has 0 aliphatic carbocycles. The highest BCUT2D eigenvalue weighted by Gasteiger charge is 2.31. The van der Waals surface area contributed by atoms with Crippen LogP contribution in [0.4, 0.5) is 13.2 Å². The van der Waals surface area contributed by atoms with Crippen molar-refractivity contribution in [3.63, 3.8) is 0 Å². The molecule has 4 nitrogen and oxygen atoms in total. The largest absolute Gasteiger partial charge is 0.573 e. The molecular formula is C16H9ClF3NO3S. The Hall–Kier alpha value is -2.32. The summed E-state index contributed by atoms with van der Waals surface area (Å²) in [7, 11) is 0. The van der Waals surface area contributed by atoms with Crippen molar-refractivity contribution in [2.45, 2.75) is 16.2 Å². The van der Waals surface area contributed by atoms with Gasteiger partial charge in [0.2, 0.25) is 0 Å². The van der Waals surface area contributed by atoms with Gasteiger partial charge in [0, 0.05) is 25.7 Å². The number of aromatic amines is 1. The first-order valence-electron chi connectivity index (χ1n) is 6.80. The lowest BCUT2D eigenvalue weighted by Crippen LogP contribution is -2.17. The normalized spacial score (nSPS) is 11.7. The van der Waals surface area contributed by atoms with E-state index in [1.165, 1.54) is 24.3 Å². The lowest BCUT2D eigenvalue weighted by molar-refractivity contribution is -0.274. The fourth-order valence-corrected chi connectivity index (χ4v) is 3.56. The second kappa shape index (κ2) is 6.53. The van der Waals surface area contributed by atoms with Crippen LogP contribution < -0.4 is 4.74 Å². The van der Waals surface area contributed by atoms with Crippen molar-refractivity contribution < 1.29 is 27.8 Å². The minimum Gasteiger partial charge on any atom is -0.477 e. The predicted octanol–water partition coefficient (Wildman–Crippen LogP) is 5.57. The van der Waals surface area contributed by atoms with Crippen LogP contribution in [0.15, 0.2) is 52.3 Å². The van der Waals surface area contributed by atoms with Gasteiger partial charge in [0.15, 0.2) is 0 Å². The predicted molar refractivity (Wildman–Crippen MR) is 87.5 cm³/mol. The van der Waals surface area contributed by atoms with Crippen molar-refractivity contribution >= 4 is 40.2 Å². The average Bonchev–Trinajstić information content (AvgIpc) is 2.90. The molecule has 9 heteroatoms. The van der Waals surface area contributed by atoms with Gasteiger partial charge < -0.3 is 14.8 Å². The van der Waals surface area contributed by atoms with Gasteiger partial charge in [0.25, 0.3) is 0 Å². The van der Waals surface area contributed by atoms with Crippen LogP contribution in [0.25, 0.3) is 10.9 Å². The Kier molecular flexibility index (Phi) is 4.57. The Morgan fingerprint density at radius 2 is 1.96 bits per heavy atom. The molecule has 2 N–H and O–H groups in total. The maximum atomic E-state index is 12.3. The maximum absolute atomic E-state index is 12.3. The molecule has 0 amide bonds. The van der Waals surface area contributed by atoms with Gasteiger partial charge in [-0.05, 0) is 36.4 Å². The molecule has 0 radical (unpaired) electrons. The highest BCUT2D eigenvalue weighted by atomic mass is 35.5. The first-order chi connectivity index (χ1) is 11.7. The summed E-state index contributed by atoms with van der Waals surface area (Å²) in [6.45, 7) is 0. The smallest absolute Gasteiger partial charge is 0.477 e. The van der Waals surface area contributed by atoms with Gasteiger partial charge in [-0.25, -0.2) is 4.79 Å². The molecule has 0 aliphatic rings. The molecular weight excluding hydrogens is 379 g/mol. The number of benzene rings is 2. The number of fused-ring (bicyclic) bond motifs is 1. The van der Waals surface area contributed by atoms with Gasteiger partial charge >= 0.3 is 12.3 Å². The molecule has 3 aromatic rings. The number of hydrogen-bond donors (Lipinski definition) is 2. The Morgan fingerprint density at radius 3 is 2.64 bits per heavy atom. The fourth-order valence-electron chi connectivity index (χ4n) is 2.23. The Morgan fingerprint density at radius 1 is 1.20 bits per heavy atom. The molecule has 1 aromatic heterocycles. The van der Waals surface area contributed by atoms with Crippen LogP contribution in [-0.4, -0.2) is 22.4 Å². The number of carboxylic acid groups (broad SMARTS) is 1. The lowest BCUT2D eigenvalue weighted by Gasteiger charge is -2.10. The summed E-state index contributed by atoms with van der Waals surface area (Å²) >= 11 is 7.19. The molecule has 0 saturated heterocycles. The Labute approximate surface area is 148 Å². The monoisotopic (exact) mass is 387 g/mol. The molecule has 0 spiro atoms. The Balaban J connectivity index is 1.97. The van der Waals surface area contributed by atoms with Crippen molar-refractivity contribution in [3.8, 4) is 5.75 Å².